The lowest BCUT2D eigenvalue weighted by Crippen LogP contribution is -2.32. The normalized spacial score (nSPS) is 10.8. The fourth-order valence-corrected chi connectivity index (χ4v) is 2.95. The molecule has 1 amide bonds. The van der Waals surface area contributed by atoms with Crippen LogP contribution in [0.2, 0.25) is 0 Å². The van der Waals surface area contributed by atoms with Crippen LogP contribution < -0.4 is 10.9 Å². The molecular formula is C20H15BrN4O4. The van der Waals surface area contributed by atoms with Crippen LogP contribution in [-0.2, 0) is 17.9 Å². The standard InChI is InChI=1S/C20H15BrN4O4/c21-14-7-5-13(6-8-14)18-23-19(29-24-18)16-4-1-9-25(20(16)27)12-17(26)22-11-15-3-2-10-28-15/h1-10H,11-12H2,(H,22,26). The lowest BCUT2D eigenvalue weighted by atomic mass is 10.2. The van der Waals surface area contributed by atoms with Crippen molar-refractivity contribution < 1.29 is 13.7 Å². The summed E-state index contributed by atoms with van der Waals surface area (Å²) in [5, 5.41) is 6.65. The molecule has 0 saturated heterocycles. The summed E-state index contributed by atoms with van der Waals surface area (Å²) < 4.78 is 12.7. The van der Waals surface area contributed by atoms with Gasteiger partial charge in [0.15, 0.2) is 0 Å². The van der Waals surface area contributed by atoms with Crippen molar-refractivity contribution >= 4 is 21.8 Å². The minimum atomic E-state index is -0.397. The molecule has 1 N–H and O–H groups in total. The smallest absolute Gasteiger partial charge is 0.263 e. The number of amides is 1. The Labute approximate surface area is 173 Å². The minimum absolute atomic E-state index is 0.0956. The van der Waals surface area contributed by atoms with Gasteiger partial charge in [0, 0.05) is 16.2 Å². The summed E-state index contributed by atoms with van der Waals surface area (Å²) in [5.41, 5.74) is 0.589. The van der Waals surface area contributed by atoms with E-state index < -0.39 is 5.56 Å². The third-order valence-electron chi connectivity index (χ3n) is 4.13. The maximum absolute atomic E-state index is 12.8. The van der Waals surface area contributed by atoms with E-state index in [0.29, 0.717) is 11.6 Å². The zero-order valence-electron chi connectivity index (χ0n) is 15.0. The number of halogens is 1. The molecule has 8 nitrogen and oxygen atoms in total. The predicted octanol–water partition coefficient (Wildman–Crippen LogP) is 3.24. The molecule has 29 heavy (non-hydrogen) atoms. The monoisotopic (exact) mass is 454 g/mol. The fourth-order valence-electron chi connectivity index (χ4n) is 2.68. The number of furan rings is 1. The van der Waals surface area contributed by atoms with E-state index in [1.54, 1.807) is 24.3 Å². The highest BCUT2D eigenvalue weighted by atomic mass is 79.9. The van der Waals surface area contributed by atoms with Crippen LogP contribution in [0.4, 0.5) is 0 Å². The molecular weight excluding hydrogens is 440 g/mol. The molecule has 4 rings (SSSR count). The van der Waals surface area contributed by atoms with E-state index in [1.807, 2.05) is 24.3 Å². The van der Waals surface area contributed by atoms with Crippen molar-refractivity contribution in [3.8, 4) is 22.8 Å². The third kappa shape index (κ3) is 4.35. The van der Waals surface area contributed by atoms with Crippen LogP contribution in [0.1, 0.15) is 5.76 Å². The molecule has 0 unspecified atom stereocenters. The number of carbonyl (C=O) groups excluding carboxylic acids is 1. The van der Waals surface area contributed by atoms with Gasteiger partial charge in [-0.05, 0) is 48.5 Å². The van der Waals surface area contributed by atoms with Gasteiger partial charge >= 0.3 is 0 Å². The first-order valence-electron chi connectivity index (χ1n) is 8.69. The van der Waals surface area contributed by atoms with Crippen molar-refractivity contribution in [2.45, 2.75) is 13.1 Å². The molecule has 0 radical (unpaired) electrons. The topological polar surface area (TPSA) is 103 Å². The quantitative estimate of drug-likeness (QED) is 0.479. The van der Waals surface area contributed by atoms with E-state index in [0.717, 1.165) is 10.0 Å². The Hall–Kier alpha value is -3.46. The SMILES string of the molecule is O=C(Cn1cccc(-c2nc(-c3ccc(Br)cc3)no2)c1=O)NCc1ccco1. The van der Waals surface area contributed by atoms with E-state index >= 15 is 0 Å². The van der Waals surface area contributed by atoms with Crippen LogP contribution in [0, 0.1) is 0 Å². The second kappa shape index (κ2) is 8.27. The molecule has 3 heterocycles. The summed E-state index contributed by atoms with van der Waals surface area (Å²) in [5.74, 6) is 0.782. The molecule has 9 heteroatoms. The largest absolute Gasteiger partial charge is 0.467 e. The van der Waals surface area contributed by atoms with Crippen LogP contribution in [0.5, 0.6) is 0 Å². The van der Waals surface area contributed by atoms with Gasteiger partial charge in [0.05, 0.1) is 12.8 Å². The highest BCUT2D eigenvalue weighted by Crippen LogP contribution is 2.21. The van der Waals surface area contributed by atoms with E-state index in [2.05, 4.69) is 31.4 Å². The predicted molar refractivity (Wildman–Crippen MR) is 108 cm³/mol. The summed E-state index contributed by atoms with van der Waals surface area (Å²) in [6.07, 6.45) is 3.06. The number of rotatable bonds is 6. The maximum Gasteiger partial charge on any atom is 0.263 e. The van der Waals surface area contributed by atoms with E-state index in [1.165, 1.54) is 17.0 Å². The van der Waals surface area contributed by atoms with Crippen LogP contribution in [0.15, 0.2) is 79.2 Å². The molecule has 3 aromatic heterocycles. The van der Waals surface area contributed by atoms with E-state index in [-0.39, 0.29) is 30.5 Å². The van der Waals surface area contributed by atoms with Crippen molar-refractivity contribution in [1.29, 1.82) is 0 Å². The van der Waals surface area contributed by atoms with Crippen LogP contribution in [-0.4, -0.2) is 20.6 Å². The summed E-state index contributed by atoms with van der Waals surface area (Å²) in [7, 11) is 0. The average molecular weight is 455 g/mol. The number of nitrogens with one attached hydrogen (secondary N) is 1. The van der Waals surface area contributed by atoms with Gasteiger partial charge in [-0.3, -0.25) is 9.59 Å². The van der Waals surface area contributed by atoms with Gasteiger partial charge in [0.1, 0.15) is 17.9 Å². The Morgan fingerprint density at radius 2 is 1.97 bits per heavy atom. The Morgan fingerprint density at radius 1 is 1.14 bits per heavy atom. The number of nitrogens with zero attached hydrogens (tertiary/aromatic N) is 3. The molecule has 0 saturated carbocycles. The fraction of sp³-hybridized carbons (Fsp3) is 0.100. The zero-order valence-corrected chi connectivity index (χ0v) is 16.6. The third-order valence-corrected chi connectivity index (χ3v) is 4.66. The minimum Gasteiger partial charge on any atom is -0.467 e. The maximum atomic E-state index is 12.8. The first kappa shape index (κ1) is 18.9. The summed E-state index contributed by atoms with van der Waals surface area (Å²) in [6.45, 7) is 0.113. The summed E-state index contributed by atoms with van der Waals surface area (Å²) in [4.78, 5) is 29.2. The van der Waals surface area contributed by atoms with Crippen LogP contribution in [0.3, 0.4) is 0 Å². The van der Waals surface area contributed by atoms with Gasteiger partial charge in [0.2, 0.25) is 11.7 Å². The molecule has 0 atom stereocenters. The molecule has 0 bridgehead atoms. The lowest BCUT2D eigenvalue weighted by Gasteiger charge is -2.07. The van der Waals surface area contributed by atoms with Crippen molar-refractivity contribution in [1.82, 2.24) is 20.0 Å². The van der Waals surface area contributed by atoms with Gasteiger partial charge in [-0.1, -0.05) is 21.1 Å². The van der Waals surface area contributed by atoms with Crippen LogP contribution in [0.25, 0.3) is 22.8 Å². The summed E-state index contributed by atoms with van der Waals surface area (Å²) >= 11 is 3.37. The van der Waals surface area contributed by atoms with Crippen molar-refractivity contribution in [3.05, 3.63) is 81.6 Å². The molecule has 146 valence electrons. The van der Waals surface area contributed by atoms with Crippen molar-refractivity contribution in [3.63, 3.8) is 0 Å². The van der Waals surface area contributed by atoms with Gasteiger partial charge < -0.3 is 18.8 Å². The Balaban J connectivity index is 1.51. The molecule has 0 aliphatic carbocycles. The van der Waals surface area contributed by atoms with Crippen molar-refractivity contribution in [2.75, 3.05) is 0 Å². The Bertz CT molecular complexity index is 1180. The Morgan fingerprint density at radius 3 is 2.72 bits per heavy atom. The number of hydrogen-bond acceptors (Lipinski definition) is 6. The van der Waals surface area contributed by atoms with E-state index in [9.17, 15) is 9.59 Å². The first-order chi connectivity index (χ1) is 14.1. The van der Waals surface area contributed by atoms with Crippen molar-refractivity contribution in [2.24, 2.45) is 0 Å². The molecule has 0 aliphatic heterocycles. The number of hydrogen-bond donors (Lipinski definition) is 1. The second-order valence-corrected chi connectivity index (χ2v) is 7.06. The number of carbonyl (C=O) groups is 1. The molecule has 0 aliphatic rings. The van der Waals surface area contributed by atoms with Gasteiger partial charge in [0.25, 0.3) is 11.4 Å². The summed E-state index contributed by atoms with van der Waals surface area (Å²) in [6, 6.07) is 14.1. The van der Waals surface area contributed by atoms with Gasteiger partial charge in [-0.2, -0.15) is 4.98 Å². The zero-order chi connectivity index (χ0) is 20.2. The Kier molecular flexibility index (Phi) is 5.39. The number of benzene rings is 1. The van der Waals surface area contributed by atoms with Crippen LogP contribution >= 0.6 is 15.9 Å². The molecule has 0 spiro atoms. The first-order valence-corrected chi connectivity index (χ1v) is 9.48. The van der Waals surface area contributed by atoms with Gasteiger partial charge in [-0.15, -0.1) is 0 Å². The second-order valence-electron chi connectivity index (χ2n) is 6.14. The van der Waals surface area contributed by atoms with E-state index in [4.69, 9.17) is 8.94 Å². The molecule has 0 fully saturated rings. The number of aromatic nitrogens is 3. The molecule has 1 aromatic carbocycles. The average Bonchev–Trinajstić information content (AvgIpc) is 3.41. The molecule has 4 aromatic rings. The number of pyridine rings is 1. The highest BCUT2D eigenvalue weighted by molar-refractivity contribution is 9.10. The van der Waals surface area contributed by atoms with Gasteiger partial charge in [-0.25, -0.2) is 0 Å². The highest BCUT2D eigenvalue weighted by Gasteiger charge is 2.16. The lowest BCUT2D eigenvalue weighted by molar-refractivity contribution is -0.121.